The number of sulfonamides is 1. The van der Waals surface area contributed by atoms with Gasteiger partial charge in [-0.15, -0.1) is 0 Å². The monoisotopic (exact) mass is 405 g/mol. The Bertz CT molecular complexity index is 1040. The molecule has 1 saturated heterocycles. The molecule has 8 heteroatoms. The minimum absolute atomic E-state index is 0.0543. The van der Waals surface area contributed by atoms with E-state index in [4.69, 9.17) is 0 Å². The Morgan fingerprint density at radius 2 is 1.96 bits per heavy atom. The number of H-pyrrole nitrogens is 1. The van der Waals surface area contributed by atoms with Crippen molar-refractivity contribution in [2.24, 2.45) is 0 Å². The standard InChI is InChI=1S/C20H27N3O4S/c1-4-22(5-2)28(26,27)15-9-10-18-16(12-15)19(24)17(13-21-18)20(25)23-11-7-6-8-14(23)3/h9-10,12-14H,4-8,11H2,1-3H3,(H,21,24)/t14-/m1/s1. The van der Waals surface area contributed by atoms with E-state index in [1.807, 2.05) is 6.92 Å². The molecule has 1 atom stereocenters. The lowest BCUT2D eigenvalue weighted by Gasteiger charge is -2.33. The summed E-state index contributed by atoms with van der Waals surface area (Å²) in [5, 5.41) is 0.212. The van der Waals surface area contributed by atoms with Crippen LogP contribution in [0.4, 0.5) is 0 Å². The zero-order valence-corrected chi connectivity index (χ0v) is 17.4. The summed E-state index contributed by atoms with van der Waals surface area (Å²) in [5.74, 6) is -0.299. The third kappa shape index (κ3) is 3.58. The van der Waals surface area contributed by atoms with Gasteiger partial charge in [-0.1, -0.05) is 13.8 Å². The van der Waals surface area contributed by atoms with Crippen LogP contribution in [0.2, 0.25) is 0 Å². The van der Waals surface area contributed by atoms with Crippen LogP contribution in [0.5, 0.6) is 0 Å². The summed E-state index contributed by atoms with van der Waals surface area (Å²) in [4.78, 5) is 30.7. The zero-order chi connectivity index (χ0) is 20.5. The fourth-order valence-corrected chi connectivity index (χ4v) is 5.27. The number of nitrogens with zero attached hydrogens (tertiary/aromatic N) is 2. The van der Waals surface area contributed by atoms with E-state index in [-0.39, 0.29) is 27.8 Å². The van der Waals surface area contributed by atoms with E-state index in [1.165, 1.54) is 22.6 Å². The van der Waals surface area contributed by atoms with Crippen LogP contribution >= 0.6 is 0 Å². The second-order valence-electron chi connectivity index (χ2n) is 7.17. The van der Waals surface area contributed by atoms with Crippen molar-refractivity contribution in [1.82, 2.24) is 14.2 Å². The number of carbonyl (C=O) groups is 1. The Balaban J connectivity index is 2.08. The third-order valence-electron chi connectivity index (χ3n) is 5.49. The molecule has 3 rings (SSSR count). The summed E-state index contributed by atoms with van der Waals surface area (Å²) >= 11 is 0. The molecule has 7 nitrogen and oxygen atoms in total. The molecule has 0 unspecified atom stereocenters. The van der Waals surface area contributed by atoms with Gasteiger partial charge in [0, 0.05) is 42.8 Å². The molecule has 1 amide bonds. The zero-order valence-electron chi connectivity index (χ0n) is 16.6. The van der Waals surface area contributed by atoms with Crippen LogP contribution in [0, 0.1) is 0 Å². The summed E-state index contributed by atoms with van der Waals surface area (Å²) in [5.41, 5.74) is 0.124. The smallest absolute Gasteiger partial charge is 0.259 e. The van der Waals surface area contributed by atoms with Gasteiger partial charge < -0.3 is 9.88 Å². The molecule has 1 aromatic heterocycles. The van der Waals surface area contributed by atoms with Crippen molar-refractivity contribution in [2.75, 3.05) is 19.6 Å². The first kappa shape index (κ1) is 20.5. The second kappa shape index (κ2) is 8.05. The van der Waals surface area contributed by atoms with Crippen molar-refractivity contribution in [3.05, 3.63) is 40.2 Å². The number of likely N-dealkylation sites (tertiary alicyclic amines) is 1. The predicted octanol–water partition coefficient (Wildman–Crippen LogP) is 2.57. The predicted molar refractivity (Wildman–Crippen MR) is 109 cm³/mol. The van der Waals surface area contributed by atoms with E-state index in [0.717, 1.165) is 19.3 Å². The molecule has 0 aliphatic carbocycles. The quantitative estimate of drug-likeness (QED) is 0.828. The van der Waals surface area contributed by atoms with E-state index >= 15 is 0 Å². The van der Waals surface area contributed by atoms with Crippen molar-refractivity contribution in [2.45, 2.75) is 51.0 Å². The number of nitrogens with one attached hydrogen (secondary N) is 1. The van der Waals surface area contributed by atoms with E-state index in [1.54, 1.807) is 24.8 Å². The fraction of sp³-hybridized carbons (Fsp3) is 0.500. The van der Waals surface area contributed by atoms with Gasteiger partial charge in [-0.25, -0.2) is 8.42 Å². The van der Waals surface area contributed by atoms with Crippen LogP contribution < -0.4 is 5.43 Å². The molecule has 0 spiro atoms. The maximum absolute atomic E-state index is 13.0. The maximum Gasteiger partial charge on any atom is 0.259 e. The van der Waals surface area contributed by atoms with Crippen molar-refractivity contribution in [1.29, 1.82) is 0 Å². The number of aromatic nitrogens is 1. The molecule has 2 aromatic rings. The molecule has 2 heterocycles. The molecular weight excluding hydrogens is 378 g/mol. The number of hydrogen-bond acceptors (Lipinski definition) is 4. The first-order valence-electron chi connectivity index (χ1n) is 9.77. The first-order chi connectivity index (χ1) is 13.3. The van der Waals surface area contributed by atoms with Gasteiger partial charge in [-0.05, 0) is 44.4 Å². The maximum atomic E-state index is 13.0. The third-order valence-corrected chi connectivity index (χ3v) is 7.54. The van der Waals surface area contributed by atoms with Gasteiger partial charge in [-0.2, -0.15) is 4.31 Å². The molecule has 1 aliphatic heterocycles. The highest BCUT2D eigenvalue weighted by Gasteiger charge is 2.27. The topological polar surface area (TPSA) is 90.6 Å². The lowest BCUT2D eigenvalue weighted by Crippen LogP contribution is -2.43. The average Bonchev–Trinajstić information content (AvgIpc) is 2.68. The lowest BCUT2D eigenvalue weighted by molar-refractivity contribution is 0.0634. The molecule has 1 aromatic carbocycles. The number of hydrogen-bond donors (Lipinski definition) is 1. The van der Waals surface area contributed by atoms with Gasteiger partial charge in [0.15, 0.2) is 0 Å². The van der Waals surface area contributed by atoms with Gasteiger partial charge in [0.2, 0.25) is 15.5 Å². The van der Waals surface area contributed by atoms with Crippen LogP contribution in [0.1, 0.15) is 50.4 Å². The minimum atomic E-state index is -3.69. The van der Waals surface area contributed by atoms with Gasteiger partial charge >= 0.3 is 0 Å². The summed E-state index contributed by atoms with van der Waals surface area (Å²) in [7, 11) is -3.69. The Hall–Kier alpha value is -2.19. The SMILES string of the molecule is CCN(CC)S(=O)(=O)c1ccc2[nH]cc(C(=O)N3CCCC[C@H]3C)c(=O)c2c1. The number of fused-ring (bicyclic) bond motifs is 1. The largest absolute Gasteiger partial charge is 0.360 e. The normalized spacial score (nSPS) is 18.0. The van der Waals surface area contributed by atoms with E-state index in [9.17, 15) is 18.0 Å². The highest BCUT2D eigenvalue weighted by molar-refractivity contribution is 7.89. The van der Waals surface area contributed by atoms with E-state index in [2.05, 4.69) is 4.98 Å². The van der Waals surface area contributed by atoms with Crippen molar-refractivity contribution in [3.63, 3.8) is 0 Å². The molecule has 1 N–H and O–H groups in total. The van der Waals surface area contributed by atoms with Gasteiger partial charge in [0.05, 0.1) is 4.90 Å². The lowest BCUT2D eigenvalue weighted by atomic mass is 10.0. The second-order valence-corrected chi connectivity index (χ2v) is 9.11. The van der Waals surface area contributed by atoms with Crippen LogP contribution in [-0.4, -0.2) is 54.2 Å². The average molecular weight is 406 g/mol. The number of pyridine rings is 1. The van der Waals surface area contributed by atoms with Crippen LogP contribution in [-0.2, 0) is 10.0 Å². The van der Waals surface area contributed by atoms with Gasteiger partial charge in [-0.3, -0.25) is 9.59 Å². The number of benzene rings is 1. The number of carbonyl (C=O) groups excluding carboxylic acids is 1. The fourth-order valence-electron chi connectivity index (χ4n) is 3.78. The number of amides is 1. The van der Waals surface area contributed by atoms with Crippen LogP contribution in [0.15, 0.2) is 34.1 Å². The molecule has 0 radical (unpaired) electrons. The molecule has 28 heavy (non-hydrogen) atoms. The Labute approximate surface area is 165 Å². The van der Waals surface area contributed by atoms with Crippen molar-refractivity contribution >= 4 is 26.8 Å². The Morgan fingerprint density at radius 3 is 2.61 bits per heavy atom. The molecule has 152 valence electrons. The number of piperidine rings is 1. The van der Waals surface area contributed by atoms with E-state index < -0.39 is 15.5 Å². The van der Waals surface area contributed by atoms with Crippen molar-refractivity contribution in [3.8, 4) is 0 Å². The Kier molecular flexibility index (Phi) is 5.90. The van der Waals surface area contributed by atoms with Gasteiger partial charge in [0.25, 0.3) is 5.91 Å². The summed E-state index contributed by atoms with van der Waals surface area (Å²) < 4.78 is 26.9. The van der Waals surface area contributed by atoms with Crippen LogP contribution in [0.25, 0.3) is 10.9 Å². The molecular formula is C20H27N3O4S. The first-order valence-corrected chi connectivity index (χ1v) is 11.2. The van der Waals surface area contributed by atoms with Crippen LogP contribution in [0.3, 0.4) is 0 Å². The summed E-state index contributed by atoms with van der Waals surface area (Å²) in [6.45, 7) is 6.85. The number of rotatable bonds is 5. The highest BCUT2D eigenvalue weighted by Crippen LogP contribution is 2.21. The molecule has 1 aliphatic rings. The molecule has 1 fully saturated rings. The Morgan fingerprint density at radius 1 is 1.25 bits per heavy atom. The van der Waals surface area contributed by atoms with E-state index in [0.29, 0.717) is 25.2 Å². The molecule has 0 bridgehead atoms. The highest BCUT2D eigenvalue weighted by atomic mass is 32.2. The van der Waals surface area contributed by atoms with Gasteiger partial charge in [0.1, 0.15) is 5.56 Å². The number of aromatic amines is 1. The minimum Gasteiger partial charge on any atom is -0.360 e. The molecule has 0 saturated carbocycles. The summed E-state index contributed by atoms with van der Waals surface area (Å²) in [6, 6.07) is 4.52. The summed E-state index contributed by atoms with van der Waals surface area (Å²) in [6.07, 6.45) is 4.36. The van der Waals surface area contributed by atoms with Crippen molar-refractivity contribution < 1.29 is 13.2 Å².